The molecule has 8 heteroatoms. The molecule has 146 valence electrons. The van der Waals surface area contributed by atoms with E-state index in [4.69, 9.17) is 9.47 Å². The van der Waals surface area contributed by atoms with E-state index in [-0.39, 0.29) is 17.6 Å². The Morgan fingerprint density at radius 2 is 1.81 bits per heavy atom. The summed E-state index contributed by atoms with van der Waals surface area (Å²) < 4.78 is 37.3. The van der Waals surface area contributed by atoms with E-state index in [0.29, 0.717) is 44.0 Å². The van der Waals surface area contributed by atoms with Crippen LogP contribution >= 0.6 is 0 Å². The summed E-state index contributed by atoms with van der Waals surface area (Å²) in [7, 11) is -0.222. The van der Waals surface area contributed by atoms with Crippen molar-refractivity contribution < 1.29 is 22.7 Å². The van der Waals surface area contributed by atoms with E-state index in [1.165, 1.54) is 4.31 Å². The summed E-state index contributed by atoms with van der Waals surface area (Å²) in [5.41, 5.74) is 2.02. The molecule has 1 aromatic carbocycles. The minimum Gasteiger partial charge on any atom is -0.493 e. The van der Waals surface area contributed by atoms with Gasteiger partial charge in [-0.1, -0.05) is 13.8 Å². The average molecular weight is 384 g/mol. The van der Waals surface area contributed by atoms with E-state index < -0.39 is 10.0 Å². The summed E-state index contributed by atoms with van der Waals surface area (Å²) in [5.74, 6) is 1.12. The zero-order valence-electron chi connectivity index (χ0n) is 15.9. The molecule has 1 N–H and O–H groups in total. The van der Waals surface area contributed by atoms with Gasteiger partial charge in [-0.3, -0.25) is 4.79 Å². The molecule has 0 unspecified atom stereocenters. The second-order valence-electron chi connectivity index (χ2n) is 6.67. The van der Waals surface area contributed by atoms with Crippen LogP contribution in [0.3, 0.4) is 0 Å². The summed E-state index contributed by atoms with van der Waals surface area (Å²) >= 11 is 0. The molecule has 1 aliphatic heterocycles. The Bertz CT molecular complexity index is 746. The number of methoxy groups -OCH3 is 2. The molecule has 2 rings (SSSR count). The highest BCUT2D eigenvalue weighted by Gasteiger charge is 2.27. The van der Waals surface area contributed by atoms with E-state index >= 15 is 0 Å². The van der Waals surface area contributed by atoms with Gasteiger partial charge in [0.05, 0.1) is 20.0 Å². The quantitative estimate of drug-likeness (QED) is 0.688. The zero-order chi connectivity index (χ0) is 19.3. The standard InChI is InChI=1S/C18H28N2O5S/c1-13(2)18(21)19-7-5-9-26(22,23)20-8-6-14-10-16(24-3)17(25-4)11-15(14)12-20/h10-11,13H,5-9,12H2,1-4H3,(H,19,21). The first-order chi connectivity index (χ1) is 12.3. The average Bonchev–Trinajstić information content (AvgIpc) is 2.63. The van der Waals surface area contributed by atoms with Crippen LogP contribution in [0.5, 0.6) is 11.5 Å². The minimum atomic E-state index is -3.37. The van der Waals surface area contributed by atoms with E-state index in [1.54, 1.807) is 28.1 Å². The monoisotopic (exact) mass is 384 g/mol. The van der Waals surface area contributed by atoms with Crippen LogP contribution in [0.15, 0.2) is 12.1 Å². The van der Waals surface area contributed by atoms with Gasteiger partial charge >= 0.3 is 0 Å². The number of fused-ring (bicyclic) bond motifs is 1. The molecule has 0 saturated carbocycles. The Labute approximate surface area is 155 Å². The largest absolute Gasteiger partial charge is 0.493 e. The van der Waals surface area contributed by atoms with Crippen molar-refractivity contribution in [2.75, 3.05) is 33.1 Å². The number of nitrogens with one attached hydrogen (secondary N) is 1. The van der Waals surface area contributed by atoms with E-state index in [0.717, 1.165) is 11.1 Å². The van der Waals surface area contributed by atoms with Gasteiger partial charge in [0.15, 0.2) is 11.5 Å². The van der Waals surface area contributed by atoms with Gasteiger partial charge in [-0.25, -0.2) is 8.42 Å². The minimum absolute atomic E-state index is 0.0218. The third-order valence-electron chi connectivity index (χ3n) is 4.48. The maximum Gasteiger partial charge on any atom is 0.222 e. The highest BCUT2D eigenvalue weighted by molar-refractivity contribution is 7.89. The second-order valence-corrected chi connectivity index (χ2v) is 8.76. The normalized spacial score (nSPS) is 14.8. The molecule has 0 fully saturated rings. The van der Waals surface area contributed by atoms with Crippen LogP contribution in [0.1, 0.15) is 31.4 Å². The smallest absolute Gasteiger partial charge is 0.222 e. The van der Waals surface area contributed by atoms with Crippen molar-refractivity contribution >= 4 is 15.9 Å². The molecule has 1 heterocycles. The lowest BCUT2D eigenvalue weighted by atomic mass is 10.0. The number of nitrogens with zero attached hydrogens (tertiary/aromatic N) is 1. The van der Waals surface area contributed by atoms with Crippen LogP contribution in [0, 0.1) is 5.92 Å². The fraction of sp³-hybridized carbons (Fsp3) is 0.611. The van der Waals surface area contributed by atoms with Crippen molar-refractivity contribution in [3.63, 3.8) is 0 Å². The van der Waals surface area contributed by atoms with E-state index in [9.17, 15) is 13.2 Å². The topological polar surface area (TPSA) is 84.9 Å². The molecule has 0 aromatic heterocycles. The van der Waals surface area contributed by atoms with Crippen molar-refractivity contribution in [1.82, 2.24) is 9.62 Å². The number of rotatable bonds is 8. The number of carbonyl (C=O) groups is 1. The number of hydrogen-bond acceptors (Lipinski definition) is 5. The number of amides is 1. The van der Waals surface area contributed by atoms with Gasteiger partial charge in [0, 0.05) is 25.6 Å². The number of hydrogen-bond donors (Lipinski definition) is 1. The van der Waals surface area contributed by atoms with Gasteiger partial charge < -0.3 is 14.8 Å². The maximum atomic E-state index is 12.6. The lowest BCUT2D eigenvalue weighted by Gasteiger charge is -2.29. The molecule has 1 amide bonds. The SMILES string of the molecule is COc1cc2c(cc1OC)CN(S(=O)(=O)CCCNC(=O)C(C)C)CC2. The summed E-state index contributed by atoms with van der Waals surface area (Å²) in [6.45, 7) is 4.76. The highest BCUT2D eigenvalue weighted by atomic mass is 32.2. The van der Waals surface area contributed by atoms with Crippen molar-refractivity contribution in [2.24, 2.45) is 5.92 Å². The van der Waals surface area contributed by atoms with Crippen LogP contribution in [0.2, 0.25) is 0 Å². The fourth-order valence-electron chi connectivity index (χ4n) is 2.89. The van der Waals surface area contributed by atoms with Crippen LogP contribution in [-0.2, 0) is 27.8 Å². The first-order valence-electron chi connectivity index (χ1n) is 8.77. The van der Waals surface area contributed by atoms with E-state index in [1.807, 2.05) is 12.1 Å². The molecule has 0 aliphatic carbocycles. The van der Waals surface area contributed by atoms with Crippen molar-refractivity contribution in [3.05, 3.63) is 23.3 Å². The van der Waals surface area contributed by atoms with Gasteiger partial charge in [-0.2, -0.15) is 4.31 Å². The third kappa shape index (κ3) is 4.88. The van der Waals surface area contributed by atoms with Crippen LogP contribution in [0.25, 0.3) is 0 Å². The molecule has 0 bridgehead atoms. The van der Waals surface area contributed by atoms with Crippen molar-refractivity contribution in [2.45, 2.75) is 33.2 Å². The summed E-state index contributed by atoms with van der Waals surface area (Å²) in [5, 5.41) is 2.75. The predicted octanol–water partition coefficient (Wildman–Crippen LogP) is 1.55. The molecule has 1 aromatic rings. The lowest BCUT2D eigenvalue weighted by Crippen LogP contribution is -2.38. The summed E-state index contributed by atoms with van der Waals surface area (Å²) in [6.07, 6.45) is 1.04. The van der Waals surface area contributed by atoms with Gasteiger partial charge in [0.1, 0.15) is 0 Å². The van der Waals surface area contributed by atoms with Crippen LogP contribution < -0.4 is 14.8 Å². The third-order valence-corrected chi connectivity index (χ3v) is 6.38. The molecule has 0 atom stereocenters. The molecule has 7 nitrogen and oxygen atoms in total. The summed E-state index contributed by atoms with van der Waals surface area (Å²) in [6, 6.07) is 3.76. The van der Waals surface area contributed by atoms with E-state index in [2.05, 4.69) is 5.32 Å². The fourth-order valence-corrected chi connectivity index (χ4v) is 4.37. The lowest BCUT2D eigenvalue weighted by molar-refractivity contribution is -0.123. The zero-order valence-corrected chi connectivity index (χ0v) is 16.7. The Morgan fingerprint density at radius 1 is 1.19 bits per heavy atom. The molecular formula is C18H28N2O5S. The number of carbonyl (C=O) groups excluding carboxylic acids is 1. The first kappa shape index (κ1) is 20.5. The first-order valence-corrected chi connectivity index (χ1v) is 10.4. The molecule has 0 radical (unpaired) electrons. The van der Waals surface area contributed by atoms with Crippen LogP contribution in [0.4, 0.5) is 0 Å². The van der Waals surface area contributed by atoms with Crippen molar-refractivity contribution in [3.8, 4) is 11.5 Å². The molecule has 26 heavy (non-hydrogen) atoms. The Hall–Kier alpha value is -1.80. The maximum absolute atomic E-state index is 12.6. The second kappa shape index (κ2) is 8.73. The molecule has 1 aliphatic rings. The van der Waals surface area contributed by atoms with Gasteiger partial charge in [-0.15, -0.1) is 0 Å². The van der Waals surface area contributed by atoms with Gasteiger partial charge in [0.2, 0.25) is 15.9 Å². The Kier molecular flexibility index (Phi) is 6.88. The highest BCUT2D eigenvalue weighted by Crippen LogP contribution is 2.33. The summed E-state index contributed by atoms with van der Waals surface area (Å²) in [4.78, 5) is 11.5. The Morgan fingerprint density at radius 3 is 2.38 bits per heavy atom. The molecule has 0 saturated heterocycles. The van der Waals surface area contributed by atoms with Crippen LogP contribution in [-0.4, -0.2) is 51.7 Å². The molecular weight excluding hydrogens is 356 g/mol. The van der Waals surface area contributed by atoms with Gasteiger partial charge in [-0.05, 0) is 36.1 Å². The van der Waals surface area contributed by atoms with Gasteiger partial charge in [0.25, 0.3) is 0 Å². The predicted molar refractivity (Wildman–Crippen MR) is 99.9 cm³/mol. The number of benzene rings is 1. The number of sulfonamides is 1. The molecule has 0 spiro atoms. The Balaban J connectivity index is 1.99. The number of ether oxygens (including phenoxy) is 2. The van der Waals surface area contributed by atoms with Crippen molar-refractivity contribution in [1.29, 1.82) is 0 Å².